The van der Waals surface area contributed by atoms with Gasteiger partial charge in [0.05, 0.1) is 11.3 Å². The Kier molecular flexibility index (Phi) is 3.54. The van der Waals surface area contributed by atoms with Gasteiger partial charge in [-0.3, -0.25) is 9.78 Å². The van der Waals surface area contributed by atoms with E-state index in [1.165, 1.54) is 0 Å². The van der Waals surface area contributed by atoms with E-state index in [0.717, 1.165) is 15.9 Å². The molecular formula is C13H11BrN2O. The third kappa shape index (κ3) is 2.91. The van der Waals surface area contributed by atoms with Crippen LogP contribution in [0.15, 0.2) is 47.1 Å². The highest BCUT2D eigenvalue weighted by Crippen LogP contribution is 2.21. The molecule has 0 radical (unpaired) electrons. The van der Waals surface area contributed by atoms with E-state index in [9.17, 15) is 4.79 Å². The van der Waals surface area contributed by atoms with Crippen molar-refractivity contribution in [3.8, 4) is 0 Å². The minimum absolute atomic E-state index is 0.163. The number of nitrogens with one attached hydrogen (secondary N) is 1. The maximum atomic E-state index is 11.9. The van der Waals surface area contributed by atoms with Crippen LogP contribution in [0.1, 0.15) is 16.1 Å². The fourth-order valence-electron chi connectivity index (χ4n) is 1.36. The van der Waals surface area contributed by atoms with Gasteiger partial charge in [-0.05, 0) is 47.1 Å². The van der Waals surface area contributed by atoms with Crippen molar-refractivity contribution in [2.45, 2.75) is 6.92 Å². The predicted molar refractivity (Wildman–Crippen MR) is 71.1 cm³/mol. The van der Waals surface area contributed by atoms with E-state index in [4.69, 9.17) is 0 Å². The molecule has 2 rings (SSSR count). The van der Waals surface area contributed by atoms with Gasteiger partial charge in [0.15, 0.2) is 0 Å². The zero-order valence-electron chi connectivity index (χ0n) is 9.27. The highest BCUT2D eigenvalue weighted by atomic mass is 79.9. The van der Waals surface area contributed by atoms with Crippen molar-refractivity contribution in [1.29, 1.82) is 0 Å². The van der Waals surface area contributed by atoms with Crippen molar-refractivity contribution in [2.75, 3.05) is 5.32 Å². The van der Waals surface area contributed by atoms with Crippen molar-refractivity contribution in [2.24, 2.45) is 0 Å². The van der Waals surface area contributed by atoms with E-state index in [2.05, 4.69) is 26.2 Å². The largest absolute Gasteiger partial charge is 0.321 e. The first-order valence-corrected chi connectivity index (χ1v) is 5.94. The number of rotatable bonds is 2. The van der Waals surface area contributed by atoms with Crippen LogP contribution >= 0.6 is 15.9 Å². The first-order chi connectivity index (χ1) is 8.16. The van der Waals surface area contributed by atoms with Crippen molar-refractivity contribution >= 4 is 27.5 Å². The Morgan fingerprint density at radius 1 is 1.24 bits per heavy atom. The van der Waals surface area contributed by atoms with E-state index >= 15 is 0 Å². The highest BCUT2D eigenvalue weighted by molar-refractivity contribution is 9.10. The molecule has 0 saturated carbocycles. The SMILES string of the molecule is Cc1ccc(C(=O)Nc2ccccc2Br)cn1. The van der Waals surface area contributed by atoms with Crippen LogP contribution in [0.25, 0.3) is 0 Å². The fourth-order valence-corrected chi connectivity index (χ4v) is 1.74. The lowest BCUT2D eigenvalue weighted by Gasteiger charge is -2.06. The number of anilines is 1. The van der Waals surface area contributed by atoms with Crippen LogP contribution in [0, 0.1) is 6.92 Å². The summed E-state index contributed by atoms with van der Waals surface area (Å²) in [5.41, 5.74) is 2.19. The van der Waals surface area contributed by atoms with E-state index in [0.29, 0.717) is 5.56 Å². The van der Waals surface area contributed by atoms with E-state index in [1.54, 1.807) is 12.3 Å². The number of amides is 1. The summed E-state index contributed by atoms with van der Waals surface area (Å²) in [6, 6.07) is 11.1. The number of halogens is 1. The Balaban J connectivity index is 2.17. The lowest BCUT2D eigenvalue weighted by molar-refractivity contribution is 0.102. The average molecular weight is 291 g/mol. The summed E-state index contributed by atoms with van der Waals surface area (Å²) >= 11 is 3.38. The fraction of sp³-hybridized carbons (Fsp3) is 0.0769. The molecule has 1 heterocycles. The summed E-state index contributed by atoms with van der Waals surface area (Å²) in [7, 11) is 0. The molecule has 4 heteroatoms. The third-order valence-electron chi connectivity index (χ3n) is 2.30. The molecular weight excluding hydrogens is 280 g/mol. The number of aryl methyl sites for hydroxylation is 1. The normalized spacial score (nSPS) is 10.0. The van der Waals surface area contributed by atoms with E-state index in [-0.39, 0.29) is 5.91 Å². The molecule has 86 valence electrons. The number of nitrogens with zero attached hydrogens (tertiary/aromatic N) is 1. The molecule has 0 saturated heterocycles. The smallest absolute Gasteiger partial charge is 0.257 e. The standard InChI is InChI=1S/C13H11BrN2O/c1-9-6-7-10(8-15-9)13(17)16-12-5-3-2-4-11(12)14/h2-8H,1H3,(H,16,17). The summed E-state index contributed by atoms with van der Waals surface area (Å²) in [6.45, 7) is 1.88. The van der Waals surface area contributed by atoms with Gasteiger partial charge in [0.25, 0.3) is 5.91 Å². The number of para-hydroxylation sites is 1. The first-order valence-electron chi connectivity index (χ1n) is 5.15. The number of aromatic nitrogens is 1. The van der Waals surface area contributed by atoms with Crippen LogP contribution in [0.5, 0.6) is 0 Å². The van der Waals surface area contributed by atoms with Crippen LogP contribution in [0.3, 0.4) is 0 Å². The molecule has 0 aliphatic rings. The number of carbonyl (C=O) groups excluding carboxylic acids is 1. The zero-order valence-corrected chi connectivity index (χ0v) is 10.9. The second kappa shape index (κ2) is 5.10. The second-order valence-electron chi connectivity index (χ2n) is 3.62. The zero-order chi connectivity index (χ0) is 12.3. The van der Waals surface area contributed by atoms with Crippen molar-refractivity contribution in [3.05, 3.63) is 58.3 Å². The van der Waals surface area contributed by atoms with Crippen LogP contribution in [0.4, 0.5) is 5.69 Å². The molecule has 17 heavy (non-hydrogen) atoms. The van der Waals surface area contributed by atoms with Crippen LogP contribution in [-0.4, -0.2) is 10.9 Å². The number of carbonyl (C=O) groups is 1. The molecule has 2 aromatic rings. The monoisotopic (exact) mass is 290 g/mol. The van der Waals surface area contributed by atoms with E-state index in [1.807, 2.05) is 37.3 Å². The van der Waals surface area contributed by atoms with Gasteiger partial charge in [-0.2, -0.15) is 0 Å². The molecule has 1 aromatic heterocycles. The minimum Gasteiger partial charge on any atom is -0.321 e. The van der Waals surface area contributed by atoms with Gasteiger partial charge in [0.2, 0.25) is 0 Å². The summed E-state index contributed by atoms with van der Waals surface area (Å²) < 4.78 is 0.855. The summed E-state index contributed by atoms with van der Waals surface area (Å²) in [6.07, 6.45) is 1.57. The molecule has 0 spiro atoms. The second-order valence-corrected chi connectivity index (χ2v) is 4.48. The van der Waals surface area contributed by atoms with Crippen molar-refractivity contribution in [1.82, 2.24) is 4.98 Å². The number of hydrogen-bond acceptors (Lipinski definition) is 2. The average Bonchev–Trinajstić information content (AvgIpc) is 2.33. The Bertz CT molecular complexity index is 537. The predicted octanol–water partition coefficient (Wildman–Crippen LogP) is 3.40. The van der Waals surface area contributed by atoms with Crippen LogP contribution < -0.4 is 5.32 Å². The van der Waals surface area contributed by atoms with E-state index < -0.39 is 0 Å². The maximum Gasteiger partial charge on any atom is 0.257 e. The quantitative estimate of drug-likeness (QED) is 0.921. The molecule has 0 aliphatic heterocycles. The minimum atomic E-state index is -0.163. The highest BCUT2D eigenvalue weighted by Gasteiger charge is 2.07. The van der Waals surface area contributed by atoms with Gasteiger partial charge in [-0.15, -0.1) is 0 Å². The number of pyridine rings is 1. The molecule has 1 N–H and O–H groups in total. The summed E-state index contributed by atoms with van der Waals surface area (Å²) in [5, 5.41) is 2.82. The van der Waals surface area contributed by atoms with Crippen molar-refractivity contribution in [3.63, 3.8) is 0 Å². The molecule has 1 amide bonds. The van der Waals surface area contributed by atoms with Gasteiger partial charge in [0.1, 0.15) is 0 Å². The Hall–Kier alpha value is -1.68. The third-order valence-corrected chi connectivity index (χ3v) is 2.99. The van der Waals surface area contributed by atoms with Crippen LogP contribution in [0.2, 0.25) is 0 Å². The lowest BCUT2D eigenvalue weighted by Crippen LogP contribution is -2.12. The lowest BCUT2D eigenvalue weighted by atomic mass is 10.2. The first kappa shape index (κ1) is 11.8. The topological polar surface area (TPSA) is 42.0 Å². The van der Waals surface area contributed by atoms with Gasteiger partial charge in [0, 0.05) is 16.4 Å². The molecule has 3 nitrogen and oxygen atoms in total. The molecule has 0 fully saturated rings. The molecule has 0 aliphatic carbocycles. The van der Waals surface area contributed by atoms with Gasteiger partial charge in [-0.25, -0.2) is 0 Å². The van der Waals surface area contributed by atoms with Gasteiger partial charge in [-0.1, -0.05) is 12.1 Å². The van der Waals surface area contributed by atoms with Crippen LogP contribution in [-0.2, 0) is 0 Å². The summed E-state index contributed by atoms with van der Waals surface area (Å²) in [4.78, 5) is 16.0. The number of hydrogen-bond donors (Lipinski definition) is 1. The van der Waals surface area contributed by atoms with Gasteiger partial charge < -0.3 is 5.32 Å². The Labute approximate surface area is 108 Å². The number of benzene rings is 1. The van der Waals surface area contributed by atoms with Gasteiger partial charge >= 0.3 is 0 Å². The molecule has 0 bridgehead atoms. The molecule has 0 atom stereocenters. The Morgan fingerprint density at radius 3 is 2.65 bits per heavy atom. The Morgan fingerprint density at radius 2 is 2.00 bits per heavy atom. The summed E-state index contributed by atoms with van der Waals surface area (Å²) in [5.74, 6) is -0.163. The molecule has 1 aromatic carbocycles. The maximum absolute atomic E-state index is 11.9. The molecule has 0 unspecified atom stereocenters. The van der Waals surface area contributed by atoms with Crippen molar-refractivity contribution < 1.29 is 4.79 Å².